The van der Waals surface area contributed by atoms with Gasteiger partial charge < -0.3 is 14.8 Å². The van der Waals surface area contributed by atoms with E-state index in [1.807, 2.05) is 29.1 Å². The van der Waals surface area contributed by atoms with Crippen LogP contribution in [0.4, 0.5) is 0 Å². The third-order valence-electron chi connectivity index (χ3n) is 5.83. The van der Waals surface area contributed by atoms with Gasteiger partial charge in [-0.1, -0.05) is 18.2 Å². The molecule has 1 spiro atoms. The van der Waals surface area contributed by atoms with Gasteiger partial charge in [-0.15, -0.1) is 0 Å². The maximum absolute atomic E-state index is 6.02. The molecule has 1 N–H and O–H groups in total. The Morgan fingerprint density at radius 1 is 1.24 bits per heavy atom. The molecule has 1 aliphatic carbocycles. The van der Waals surface area contributed by atoms with Crippen molar-refractivity contribution in [2.75, 3.05) is 19.8 Å². The van der Waals surface area contributed by atoms with E-state index in [1.54, 1.807) is 0 Å². The van der Waals surface area contributed by atoms with Crippen LogP contribution in [-0.2, 0) is 16.0 Å². The second kappa shape index (κ2) is 7.28. The minimum atomic E-state index is 0.242. The first-order chi connectivity index (χ1) is 12.3. The summed E-state index contributed by atoms with van der Waals surface area (Å²) >= 11 is 0. The first-order valence-corrected chi connectivity index (χ1v) is 9.34. The summed E-state index contributed by atoms with van der Waals surface area (Å²) in [6.45, 7) is 5.40. The Morgan fingerprint density at radius 3 is 2.80 bits per heavy atom. The third-order valence-corrected chi connectivity index (χ3v) is 5.83. The molecule has 0 radical (unpaired) electrons. The van der Waals surface area contributed by atoms with Crippen LogP contribution in [0.5, 0.6) is 0 Å². The molecule has 1 aromatic carbocycles. The van der Waals surface area contributed by atoms with E-state index >= 15 is 0 Å². The fourth-order valence-corrected chi connectivity index (χ4v) is 4.39. The van der Waals surface area contributed by atoms with Crippen molar-refractivity contribution in [3.8, 4) is 5.69 Å². The van der Waals surface area contributed by atoms with E-state index in [1.165, 1.54) is 5.69 Å². The van der Waals surface area contributed by atoms with Gasteiger partial charge in [0.25, 0.3) is 0 Å². The van der Waals surface area contributed by atoms with Crippen molar-refractivity contribution in [3.63, 3.8) is 0 Å². The lowest BCUT2D eigenvalue weighted by Crippen LogP contribution is -2.65. The van der Waals surface area contributed by atoms with Gasteiger partial charge in [0, 0.05) is 44.0 Å². The zero-order chi connectivity index (χ0) is 17.1. The summed E-state index contributed by atoms with van der Waals surface area (Å²) < 4.78 is 13.6. The van der Waals surface area contributed by atoms with Gasteiger partial charge in [-0.2, -0.15) is 5.10 Å². The van der Waals surface area contributed by atoms with Crippen LogP contribution in [0.1, 0.15) is 31.9 Å². The molecule has 1 saturated heterocycles. The highest BCUT2D eigenvalue weighted by Gasteiger charge is 2.55. The van der Waals surface area contributed by atoms with Gasteiger partial charge in [0.2, 0.25) is 0 Å². The zero-order valence-corrected chi connectivity index (χ0v) is 14.9. The molecular weight excluding hydrogens is 314 g/mol. The molecule has 1 aromatic heterocycles. The molecule has 25 heavy (non-hydrogen) atoms. The number of para-hydroxylation sites is 1. The number of hydrogen-bond donors (Lipinski definition) is 1. The second-order valence-electron chi connectivity index (χ2n) is 7.03. The maximum atomic E-state index is 6.02. The molecule has 5 nitrogen and oxygen atoms in total. The van der Waals surface area contributed by atoms with Gasteiger partial charge in [0.15, 0.2) is 0 Å². The Bertz CT molecular complexity index is 679. The number of nitrogens with zero attached hydrogens (tertiary/aromatic N) is 2. The topological polar surface area (TPSA) is 48.3 Å². The van der Waals surface area contributed by atoms with Gasteiger partial charge in [-0.3, -0.25) is 0 Å². The van der Waals surface area contributed by atoms with Gasteiger partial charge in [-0.05, 0) is 44.4 Å². The summed E-state index contributed by atoms with van der Waals surface area (Å²) in [6, 6.07) is 12.9. The molecule has 2 heterocycles. The molecule has 4 rings (SSSR count). The maximum Gasteiger partial charge on any atom is 0.0662 e. The standard InChI is InChI=1S/C20H27N3O2/c1-2-25-19-14-18(20(19)9-12-24-13-10-20)21-15-17-8-11-22-23(17)16-6-4-3-5-7-16/h3-8,11,18-19,21H,2,9-10,12-15H2,1H3/t18-,19-/m1/s1. The Balaban J connectivity index is 1.44. The number of rotatable bonds is 6. The fraction of sp³-hybridized carbons (Fsp3) is 0.550. The van der Waals surface area contributed by atoms with Crippen LogP contribution in [0.15, 0.2) is 42.6 Å². The SMILES string of the molecule is CCO[C@@H]1C[C@@H](NCc2ccnn2-c2ccccc2)C12CCOCC2. The first kappa shape index (κ1) is 16.8. The second-order valence-corrected chi connectivity index (χ2v) is 7.03. The highest BCUT2D eigenvalue weighted by atomic mass is 16.5. The average molecular weight is 341 g/mol. The molecule has 0 unspecified atom stereocenters. The largest absolute Gasteiger partial charge is 0.381 e. The molecule has 134 valence electrons. The average Bonchev–Trinajstić information content (AvgIpc) is 3.14. The van der Waals surface area contributed by atoms with Crippen LogP contribution < -0.4 is 5.32 Å². The highest BCUT2D eigenvalue weighted by Crippen LogP contribution is 2.50. The molecule has 2 aromatic rings. The van der Waals surface area contributed by atoms with Gasteiger partial charge >= 0.3 is 0 Å². The first-order valence-electron chi connectivity index (χ1n) is 9.34. The fourth-order valence-electron chi connectivity index (χ4n) is 4.39. The minimum Gasteiger partial charge on any atom is -0.381 e. The highest BCUT2D eigenvalue weighted by molar-refractivity contribution is 5.32. The number of ether oxygens (including phenoxy) is 2. The number of nitrogens with one attached hydrogen (secondary N) is 1. The Hall–Kier alpha value is -1.69. The smallest absolute Gasteiger partial charge is 0.0662 e. The molecule has 1 saturated carbocycles. The summed E-state index contributed by atoms with van der Waals surface area (Å²) in [4.78, 5) is 0. The van der Waals surface area contributed by atoms with E-state index < -0.39 is 0 Å². The molecule has 0 amide bonds. The number of hydrogen-bond acceptors (Lipinski definition) is 4. The molecule has 2 aliphatic rings. The van der Waals surface area contributed by atoms with Crippen LogP contribution in [-0.4, -0.2) is 41.7 Å². The van der Waals surface area contributed by atoms with E-state index in [2.05, 4.69) is 35.5 Å². The van der Waals surface area contributed by atoms with Crippen molar-refractivity contribution < 1.29 is 9.47 Å². The lowest BCUT2D eigenvalue weighted by atomic mass is 9.57. The lowest BCUT2D eigenvalue weighted by Gasteiger charge is -2.57. The van der Waals surface area contributed by atoms with Gasteiger partial charge in [-0.25, -0.2) is 4.68 Å². The Labute approximate surface area is 149 Å². The van der Waals surface area contributed by atoms with Crippen molar-refractivity contribution in [1.82, 2.24) is 15.1 Å². The predicted molar refractivity (Wildman–Crippen MR) is 96.7 cm³/mol. The summed E-state index contributed by atoms with van der Waals surface area (Å²) in [5, 5.41) is 8.27. The lowest BCUT2D eigenvalue weighted by molar-refractivity contribution is -0.173. The molecule has 2 atom stereocenters. The normalized spacial score (nSPS) is 25.0. The molecule has 2 fully saturated rings. The minimum absolute atomic E-state index is 0.242. The van der Waals surface area contributed by atoms with E-state index in [0.717, 1.165) is 51.3 Å². The van der Waals surface area contributed by atoms with Gasteiger partial charge in [0.05, 0.1) is 17.5 Å². The van der Waals surface area contributed by atoms with Crippen molar-refractivity contribution in [3.05, 3.63) is 48.3 Å². The molecule has 0 bridgehead atoms. The molecular formula is C20H27N3O2. The van der Waals surface area contributed by atoms with E-state index in [0.29, 0.717) is 12.1 Å². The Kier molecular flexibility index (Phi) is 4.88. The van der Waals surface area contributed by atoms with Crippen molar-refractivity contribution in [1.29, 1.82) is 0 Å². The van der Waals surface area contributed by atoms with E-state index in [-0.39, 0.29) is 5.41 Å². The molecule has 1 aliphatic heterocycles. The third kappa shape index (κ3) is 3.12. The molecule has 5 heteroatoms. The van der Waals surface area contributed by atoms with Gasteiger partial charge in [0.1, 0.15) is 0 Å². The number of aromatic nitrogens is 2. The van der Waals surface area contributed by atoms with Crippen LogP contribution in [0, 0.1) is 5.41 Å². The van der Waals surface area contributed by atoms with Crippen molar-refractivity contribution in [2.45, 2.75) is 44.9 Å². The van der Waals surface area contributed by atoms with Crippen LogP contribution in [0.25, 0.3) is 5.69 Å². The van der Waals surface area contributed by atoms with Crippen molar-refractivity contribution in [2.24, 2.45) is 5.41 Å². The Morgan fingerprint density at radius 2 is 2.04 bits per heavy atom. The van der Waals surface area contributed by atoms with Crippen LogP contribution in [0.3, 0.4) is 0 Å². The monoisotopic (exact) mass is 341 g/mol. The summed E-state index contributed by atoms with van der Waals surface area (Å²) in [7, 11) is 0. The summed E-state index contributed by atoms with van der Waals surface area (Å²) in [6.07, 6.45) is 5.52. The number of benzene rings is 1. The predicted octanol–water partition coefficient (Wildman–Crippen LogP) is 2.94. The van der Waals surface area contributed by atoms with E-state index in [9.17, 15) is 0 Å². The summed E-state index contributed by atoms with van der Waals surface area (Å²) in [5.41, 5.74) is 2.53. The van der Waals surface area contributed by atoms with Crippen LogP contribution in [0.2, 0.25) is 0 Å². The quantitative estimate of drug-likeness (QED) is 0.878. The van der Waals surface area contributed by atoms with Crippen molar-refractivity contribution >= 4 is 0 Å². The zero-order valence-electron chi connectivity index (χ0n) is 14.9. The van der Waals surface area contributed by atoms with Crippen LogP contribution >= 0.6 is 0 Å². The van der Waals surface area contributed by atoms with E-state index in [4.69, 9.17) is 9.47 Å². The summed E-state index contributed by atoms with van der Waals surface area (Å²) in [5.74, 6) is 0.